The molecule has 0 N–H and O–H groups in total. The van der Waals surface area contributed by atoms with E-state index in [4.69, 9.17) is 39.5 Å². The molecule has 0 saturated carbocycles. The van der Waals surface area contributed by atoms with Crippen molar-refractivity contribution in [2.45, 2.75) is 0 Å². The lowest BCUT2D eigenvalue weighted by Crippen LogP contribution is -1.90. The van der Waals surface area contributed by atoms with E-state index >= 15 is 0 Å². The first-order valence-electron chi connectivity index (χ1n) is 4.77. The molecular weight excluding hydrogens is 280 g/mol. The van der Waals surface area contributed by atoms with Gasteiger partial charge in [-0.05, 0) is 12.1 Å². The van der Waals surface area contributed by atoms with Crippen molar-refractivity contribution in [1.29, 1.82) is 0 Å². The first-order valence-corrected chi connectivity index (χ1v) is 5.90. The third-order valence-electron chi connectivity index (χ3n) is 2.33. The number of pyridine rings is 1. The zero-order valence-electron chi connectivity index (χ0n) is 8.88. The summed E-state index contributed by atoms with van der Waals surface area (Å²) < 4.78 is 5.23. The largest absolute Gasteiger partial charge is 0.494 e. The molecule has 0 saturated heterocycles. The van der Waals surface area contributed by atoms with Gasteiger partial charge in [0, 0.05) is 17.3 Å². The molecule has 0 spiro atoms. The maximum Gasteiger partial charge on any atom is 0.145 e. The summed E-state index contributed by atoms with van der Waals surface area (Å²) in [6.45, 7) is 0. The van der Waals surface area contributed by atoms with Gasteiger partial charge in [0.05, 0.1) is 28.4 Å². The molecule has 0 radical (unpaired) electrons. The predicted molar refractivity (Wildman–Crippen MR) is 71.3 cm³/mol. The Morgan fingerprint density at radius 3 is 2.47 bits per heavy atom. The van der Waals surface area contributed by atoms with E-state index in [0.29, 0.717) is 20.8 Å². The second kappa shape index (κ2) is 5.13. The molecule has 0 atom stereocenters. The summed E-state index contributed by atoms with van der Waals surface area (Å²) in [5.41, 5.74) is 1.59. The lowest BCUT2D eigenvalue weighted by atomic mass is 10.1. The number of rotatable bonds is 2. The van der Waals surface area contributed by atoms with Gasteiger partial charge in [-0.15, -0.1) is 0 Å². The number of ether oxygens (including phenoxy) is 1. The highest BCUT2D eigenvalue weighted by molar-refractivity contribution is 6.49. The fourth-order valence-electron chi connectivity index (χ4n) is 1.50. The van der Waals surface area contributed by atoms with Crippen molar-refractivity contribution < 1.29 is 4.74 Å². The quantitative estimate of drug-likeness (QED) is 0.746. The Morgan fingerprint density at radius 2 is 1.76 bits per heavy atom. The zero-order chi connectivity index (χ0) is 12.4. The molecular formula is C12H8Cl3NO. The van der Waals surface area contributed by atoms with Gasteiger partial charge in [0.25, 0.3) is 0 Å². The average Bonchev–Trinajstić information content (AvgIpc) is 2.36. The van der Waals surface area contributed by atoms with Crippen molar-refractivity contribution in [3.05, 3.63) is 45.7 Å². The molecule has 2 rings (SSSR count). The summed E-state index contributed by atoms with van der Waals surface area (Å²) in [7, 11) is 1.58. The number of aromatic nitrogens is 1. The van der Waals surface area contributed by atoms with Gasteiger partial charge in [0.2, 0.25) is 0 Å². The van der Waals surface area contributed by atoms with Gasteiger partial charge in [0.15, 0.2) is 0 Å². The SMILES string of the molecule is COc1cnccc1-c1ccc(Cl)c(Cl)c1Cl. The fourth-order valence-corrected chi connectivity index (χ4v) is 2.14. The van der Waals surface area contributed by atoms with Crippen LogP contribution in [0.25, 0.3) is 11.1 Å². The molecule has 0 amide bonds. The number of hydrogen-bond acceptors (Lipinski definition) is 2. The second-order valence-electron chi connectivity index (χ2n) is 3.30. The summed E-state index contributed by atoms with van der Waals surface area (Å²) in [6.07, 6.45) is 3.28. The standard InChI is InChI=1S/C12H8Cl3NO/c1-17-10-6-16-5-4-7(10)8-2-3-9(13)12(15)11(8)14/h2-6H,1H3. The Kier molecular flexibility index (Phi) is 3.77. The van der Waals surface area contributed by atoms with E-state index in [2.05, 4.69) is 4.98 Å². The topological polar surface area (TPSA) is 22.1 Å². The highest BCUT2D eigenvalue weighted by Gasteiger charge is 2.13. The third-order valence-corrected chi connectivity index (χ3v) is 3.62. The molecule has 17 heavy (non-hydrogen) atoms. The van der Waals surface area contributed by atoms with E-state index in [1.54, 1.807) is 31.6 Å². The van der Waals surface area contributed by atoms with Gasteiger partial charge in [-0.2, -0.15) is 0 Å². The molecule has 1 heterocycles. The van der Waals surface area contributed by atoms with Crippen LogP contribution in [0.15, 0.2) is 30.6 Å². The predicted octanol–water partition coefficient (Wildman–Crippen LogP) is 4.72. The fraction of sp³-hybridized carbons (Fsp3) is 0.0833. The van der Waals surface area contributed by atoms with Gasteiger partial charge in [-0.1, -0.05) is 40.9 Å². The van der Waals surface area contributed by atoms with Crippen LogP contribution in [-0.2, 0) is 0 Å². The average molecular weight is 289 g/mol. The van der Waals surface area contributed by atoms with E-state index in [-0.39, 0.29) is 0 Å². The molecule has 0 aliphatic rings. The van der Waals surface area contributed by atoms with Crippen LogP contribution in [0.2, 0.25) is 15.1 Å². The lowest BCUT2D eigenvalue weighted by Gasteiger charge is -2.10. The van der Waals surface area contributed by atoms with Crippen molar-refractivity contribution in [3.8, 4) is 16.9 Å². The lowest BCUT2D eigenvalue weighted by molar-refractivity contribution is 0.414. The van der Waals surface area contributed by atoms with Crippen LogP contribution < -0.4 is 4.74 Å². The van der Waals surface area contributed by atoms with Crippen LogP contribution in [0.3, 0.4) is 0 Å². The molecule has 0 aliphatic carbocycles. The van der Waals surface area contributed by atoms with Crippen molar-refractivity contribution in [2.75, 3.05) is 7.11 Å². The molecule has 88 valence electrons. The number of halogens is 3. The Labute approximate surface area is 114 Å². The number of methoxy groups -OCH3 is 1. The number of nitrogens with zero attached hydrogens (tertiary/aromatic N) is 1. The van der Waals surface area contributed by atoms with Crippen molar-refractivity contribution in [3.63, 3.8) is 0 Å². The highest BCUT2D eigenvalue weighted by atomic mass is 35.5. The third kappa shape index (κ3) is 2.34. The molecule has 0 fully saturated rings. The minimum absolute atomic E-state index is 0.338. The summed E-state index contributed by atoms with van der Waals surface area (Å²) in [5, 5.41) is 1.17. The van der Waals surface area contributed by atoms with E-state index < -0.39 is 0 Å². The van der Waals surface area contributed by atoms with Gasteiger partial charge in [-0.25, -0.2) is 0 Å². The molecule has 1 aromatic heterocycles. The summed E-state index contributed by atoms with van der Waals surface area (Å²) in [4.78, 5) is 3.98. The Balaban J connectivity index is 2.65. The van der Waals surface area contributed by atoms with E-state index in [1.165, 1.54) is 0 Å². The van der Waals surface area contributed by atoms with Gasteiger partial charge in [-0.3, -0.25) is 4.98 Å². The van der Waals surface area contributed by atoms with Gasteiger partial charge < -0.3 is 4.74 Å². The Bertz CT molecular complexity index is 557. The molecule has 0 unspecified atom stereocenters. The second-order valence-corrected chi connectivity index (χ2v) is 4.46. The normalized spacial score (nSPS) is 10.4. The van der Waals surface area contributed by atoms with Gasteiger partial charge >= 0.3 is 0 Å². The molecule has 5 heteroatoms. The first kappa shape index (κ1) is 12.5. The molecule has 1 aromatic carbocycles. The zero-order valence-corrected chi connectivity index (χ0v) is 11.1. The van der Waals surface area contributed by atoms with Crippen molar-refractivity contribution in [2.24, 2.45) is 0 Å². The molecule has 2 aromatic rings. The first-order chi connectivity index (χ1) is 8.15. The summed E-state index contributed by atoms with van der Waals surface area (Å²) in [6, 6.07) is 5.31. The van der Waals surface area contributed by atoms with Crippen LogP contribution in [0, 0.1) is 0 Å². The van der Waals surface area contributed by atoms with Crippen LogP contribution in [0.4, 0.5) is 0 Å². The molecule has 2 nitrogen and oxygen atoms in total. The smallest absolute Gasteiger partial charge is 0.145 e. The van der Waals surface area contributed by atoms with E-state index in [0.717, 1.165) is 11.1 Å². The summed E-state index contributed by atoms with van der Waals surface area (Å²) in [5.74, 6) is 0.632. The maximum atomic E-state index is 6.17. The van der Waals surface area contributed by atoms with Crippen molar-refractivity contribution in [1.82, 2.24) is 4.98 Å². The van der Waals surface area contributed by atoms with E-state index in [1.807, 2.05) is 6.07 Å². The summed E-state index contributed by atoms with van der Waals surface area (Å²) >= 11 is 18.1. The van der Waals surface area contributed by atoms with Gasteiger partial charge in [0.1, 0.15) is 5.75 Å². The number of hydrogen-bond donors (Lipinski definition) is 0. The highest BCUT2D eigenvalue weighted by Crippen LogP contribution is 2.40. The maximum absolute atomic E-state index is 6.17. The minimum atomic E-state index is 0.338. The Hall–Kier alpha value is -0.960. The van der Waals surface area contributed by atoms with Crippen molar-refractivity contribution >= 4 is 34.8 Å². The number of benzene rings is 1. The van der Waals surface area contributed by atoms with Crippen LogP contribution in [-0.4, -0.2) is 12.1 Å². The molecule has 0 aliphatic heterocycles. The minimum Gasteiger partial charge on any atom is -0.494 e. The van der Waals surface area contributed by atoms with Crippen LogP contribution in [0.1, 0.15) is 0 Å². The molecule has 0 bridgehead atoms. The monoisotopic (exact) mass is 287 g/mol. The van der Waals surface area contributed by atoms with Crippen LogP contribution in [0.5, 0.6) is 5.75 Å². The van der Waals surface area contributed by atoms with E-state index in [9.17, 15) is 0 Å². The Morgan fingerprint density at radius 1 is 1.00 bits per heavy atom. The van der Waals surface area contributed by atoms with Crippen LogP contribution >= 0.6 is 34.8 Å².